The number of carboxylic acid groups (broad SMARTS) is 1. The molecular weight excluding hydrogens is 693 g/mol. The Kier molecular flexibility index (Phi) is 15.4. The van der Waals surface area contributed by atoms with Gasteiger partial charge in [0.2, 0.25) is 0 Å². The van der Waals surface area contributed by atoms with Gasteiger partial charge in [-0.1, -0.05) is 38.5 Å². The van der Waals surface area contributed by atoms with E-state index in [1.165, 1.54) is 128 Å². The molecule has 4 aromatic heterocycles. The monoisotopic (exact) mass is 752 g/mol. The molecule has 4 atom stereocenters. The average molecular weight is 753 g/mol. The Morgan fingerprint density at radius 2 is 1.16 bits per heavy atom. The molecule has 0 radical (unpaired) electrons. The van der Waals surface area contributed by atoms with E-state index in [9.17, 15) is 9.59 Å². The highest BCUT2D eigenvalue weighted by atomic mass is 16.4. The van der Waals surface area contributed by atoms with Crippen LogP contribution >= 0.6 is 0 Å². The Balaban J connectivity index is 0.000000155. The number of aromatic nitrogens is 6. The first-order valence-electron chi connectivity index (χ1n) is 20.6. The van der Waals surface area contributed by atoms with Gasteiger partial charge in [-0.15, -0.1) is 0 Å². The van der Waals surface area contributed by atoms with Gasteiger partial charge in [-0.2, -0.15) is 10.2 Å². The van der Waals surface area contributed by atoms with E-state index in [1.807, 2.05) is 24.4 Å². The molecule has 4 N–H and O–H groups in total. The largest absolute Gasteiger partial charge is 0.478 e. The summed E-state index contributed by atoms with van der Waals surface area (Å²) in [7, 11) is 0. The van der Waals surface area contributed by atoms with Gasteiger partial charge in [0.15, 0.2) is 11.6 Å². The van der Waals surface area contributed by atoms with Crippen molar-refractivity contribution in [3.8, 4) is 11.6 Å². The van der Waals surface area contributed by atoms with E-state index in [2.05, 4.69) is 35.3 Å². The molecule has 2 saturated carbocycles. The molecule has 2 saturated heterocycles. The number of piperidine rings is 2. The smallest absolute Gasteiger partial charge is 0.337 e. The maximum atomic E-state index is 12.8. The number of aromatic carboxylic acids is 1. The van der Waals surface area contributed by atoms with Crippen molar-refractivity contribution in [3.05, 3.63) is 84.7 Å². The zero-order chi connectivity index (χ0) is 38.2. The number of pyridine rings is 2. The van der Waals surface area contributed by atoms with Crippen molar-refractivity contribution >= 4 is 11.9 Å². The van der Waals surface area contributed by atoms with Gasteiger partial charge in [0, 0.05) is 62.4 Å². The SMILES string of the molecule is N[C@@H]1CCCC[C@H]1CN1CCCCC1.O=C(N[C@@H]1CCCC[C@H]1CN1CCCCC1)c1ccc(-n2cccn2)nc1.O=C(O)c1ccc(-n2cccn2)nc1. The van der Waals surface area contributed by atoms with Crippen LogP contribution in [0.1, 0.15) is 111 Å². The standard InChI is InChI=1S/C21H29N5O.C12H24N2.C9H7N3O2/c27-21(17-9-10-20(22-15-17)26-14-6-11-23-26)24-19-8-3-2-7-18(19)16-25-12-4-1-5-13-25;13-12-7-3-2-6-11(12)10-14-8-4-1-5-9-14;13-9(14)7-2-3-8(10-6-7)12-5-1-4-11-12/h6,9-11,14-15,18-19H,1-5,7-8,12-13,16H2,(H,24,27);11-12H,1-10,13H2;1-6H,(H,13,14)/t18-,19+;11-,12+;/m00./s1. The molecule has 2 aliphatic carbocycles. The van der Waals surface area contributed by atoms with Crippen LogP contribution in [0, 0.1) is 11.8 Å². The minimum absolute atomic E-state index is 0.00920. The summed E-state index contributed by atoms with van der Waals surface area (Å²) in [5.74, 6) is 1.69. The fourth-order valence-corrected chi connectivity index (χ4v) is 8.39. The fraction of sp³-hybridized carbons (Fsp3) is 0.571. The van der Waals surface area contributed by atoms with E-state index < -0.39 is 5.97 Å². The highest BCUT2D eigenvalue weighted by Gasteiger charge is 2.29. The first-order valence-corrected chi connectivity index (χ1v) is 20.6. The predicted octanol–water partition coefficient (Wildman–Crippen LogP) is 6.00. The molecule has 0 bridgehead atoms. The van der Waals surface area contributed by atoms with Crippen LogP contribution in [0.4, 0.5) is 0 Å². The number of carbonyl (C=O) groups excluding carboxylic acids is 1. The van der Waals surface area contributed by atoms with Crippen molar-refractivity contribution in [1.82, 2.24) is 44.6 Å². The summed E-state index contributed by atoms with van der Waals surface area (Å²) in [5.41, 5.74) is 6.96. The van der Waals surface area contributed by atoms with Crippen LogP contribution in [0.25, 0.3) is 11.6 Å². The van der Waals surface area contributed by atoms with Gasteiger partial charge in [-0.3, -0.25) is 4.79 Å². The Hall–Kier alpha value is -4.46. The lowest BCUT2D eigenvalue weighted by molar-refractivity contribution is 0.0696. The molecule has 4 aromatic rings. The van der Waals surface area contributed by atoms with Gasteiger partial charge >= 0.3 is 5.97 Å². The Morgan fingerprint density at radius 3 is 1.65 bits per heavy atom. The molecule has 4 aliphatic rings. The minimum Gasteiger partial charge on any atom is -0.478 e. The highest BCUT2D eigenvalue weighted by molar-refractivity contribution is 5.94. The van der Waals surface area contributed by atoms with Crippen LogP contribution in [-0.2, 0) is 0 Å². The van der Waals surface area contributed by atoms with Crippen LogP contribution in [0.5, 0.6) is 0 Å². The third-order valence-corrected chi connectivity index (χ3v) is 11.6. The van der Waals surface area contributed by atoms with E-state index in [4.69, 9.17) is 10.8 Å². The van der Waals surface area contributed by atoms with Gasteiger partial charge in [0.25, 0.3) is 5.91 Å². The lowest BCUT2D eigenvalue weighted by Crippen LogP contribution is -2.47. The maximum Gasteiger partial charge on any atom is 0.337 e. The van der Waals surface area contributed by atoms with Gasteiger partial charge in [-0.05, 0) is 126 Å². The van der Waals surface area contributed by atoms with Gasteiger partial charge in [0.1, 0.15) is 0 Å². The number of rotatable bonds is 9. The summed E-state index contributed by atoms with van der Waals surface area (Å²) in [5, 5.41) is 20.1. The maximum absolute atomic E-state index is 12.8. The molecule has 55 heavy (non-hydrogen) atoms. The third kappa shape index (κ3) is 12.3. The molecule has 4 fully saturated rings. The molecule has 6 heterocycles. The van der Waals surface area contributed by atoms with E-state index in [-0.39, 0.29) is 17.5 Å². The fourth-order valence-electron chi connectivity index (χ4n) is 8.39. The van der Waals surface area contributed by atoms with Gasteiger partial charge in [-0.25, -0.2) is 24.1 Å². The lowest BCUT2D eigenvalue weighted by atomic mass is 9.83. The molecule has 13 heteroatoms. The van der Waals surface area contributed by atoms with E-state index in [1.54, 1.807) is 46.3 Å². The lowest BCUT2D eigenvalue weighted by Gasteiger charge is -2.37. The Labute approximate surface area is 325 Å². The van der Waals surface area contributed by atoms with Gasteiger partial charge in [0.05, 0.1) is 11.1 Å². The van der Waals surface area contributed by atoms with Crippen LogP contribution in [0.3, 0.4) is 0 Å². The predicted molar refractivity (Wildman–Crippen MR) is 213 cm³/mol. The summed E-state index contributed by atoms with van der Waals surface area (Å²) in [4.78, 5) is 36.9. The summed E-state index contributed by atoms with van der Waals surface area (Å²) >= 11 is 0. The summed E-state index contributed by atoms with van der Waals surface area (Å²) in [6, 6.07) is 11.2. The van der Waals surface area contributed by atoms with Crippen molar-refractivity contribution < 1.29 is 14.7 Å². The number of carboxylic acids is 1. The summed E-state index contributed by atoms with van der Waals surface area (Å²) < 4.78 is 3.25. The number of nitrogens with one attached hydrogen (secondary N) is 1. The van der Waals surface area contributed by atoms with Crippen LogP contribution < -0.4 is 11.1 Å². The second-order valence-corrected chi connectivity index (χ2v) is 15.6. The van der Waals surface area contributed by atoms with Crippen LogP contribution in [0.15, 0.2) is 73.6 Å². The highest BCUT2D eigenvalue weighted by Crippen LogP contribution is 2.27. The topological polar surface area (TPSA) is 160 Å². The first-order chi connectivity index (χ1) is 26.9. The number of nitrogens with two attached hydrogens (primary N) is 1. The quantitative estimate of drug-likeness (QED) is 0.185. The van der Waals surface area contributed by atoms with Crippen molar-refractivity contribution in [1.29, 1.82) is 0 Å². The molecule has 0 spiro atoms. The molecule has 2 aliphatic heterocycles. The molecule has 1 amide bonds. The number of nitrogens with zero attached hydrogens (tertiary/aromatic N) is 8. The first kappa shape index (κ1) is 40.2. The number of amides is 1. The molecule has 0 unspecified atom stereocenters. The number of hydrogen-bond acceptors (Lipinski definition) is 9. The van der Waals surface area contributed by atoms with E-state index in [0.717, 1.165) is 24.7 Å². The number of likely N-dealkylation sites (tertiary alicyclic amines) is 2. The zero-order valence-corrected chi connectivity index (χ0v) is 32.3. The summed E-state index contributed by atoms with van der Waals surface area (Å²) in [6.45, 7) is 7.49. The van der Waals surface area contributed by atoms with Crippen molar-refractivity contribution in [3.63, 3.8) is 0 Å². The zero-order valence-electron chi connectivity index (χ0n) is 32.3. The van der Waals surface area contributed by atoms with Crippen LogP contribution in [0.2, 0.25) is 0 Å². The minimum atomic E-state index is -0.982. The number of carbonyl (C=O) groups is 2. The van der Waals surface area contributed by atoms with E-state index >= 15 is 0 Å². The van der Waals surface area contributed by atoms with Gasteiger partial charge < -0.3 is 26.0 Å². The average Bonchev–Trinajstić information content (AvgIpc) is 3.98. The van der Waals surface area contributed by atoms with Crippen molar-refractivity contribution in [2.24, 2.45) is 17.6 Å². The van der Waals surface area contributed by atoms with Crippen molar-refractivity contribution in [2.75, 3.05) is 39.3 Å². The normalized spacial score (nSPS) is 23.4. The van der Waals surface area contributed by atoms with Crippen molar-refractivity contribution in [2.45, 2.75) is 102 Å². The molecule has 296 valence electrons. The van der Waals surface area contributed by atoms with E-state index in [0.29, 0.717) is 23.3 Å². The second kappa shape index (κ2) is 21.0. The Bertz CT molecular complexity index is 1690. The molecule has 0 aromatic carbocycles. The van der Waals surface area contributed by atoms with Crippen LogP contribution in [-0.4, -0.2) is 108 Å². The third-order valence-electron chi connectivity index (χ3n) is 11.6. The second-order valence-electron chi connectivity index (χ2n) is 15.6. The number of hydrogen-bond donors (Lipinski definition) is 3. The summed E-state index contributed by atoms with van der Waals surface area (Å²) in [6.07, 6.45) is 28.3. The Morgan fingerprint density at radius 1 is 0.655 bits per heavy atom. The molecular formula is C42H60N10O3. The molecule has 13 nitrogen and oxygen atoms in total. The molecule has 8 rings (SSSR count).